The normalized spacial score (nSPS) is 24.1. The van der Waals surface area contributed by atoms with Gasteiger partial charge in [-0.3, -0.25) is 0 Å². The van der Waals surface area contributed by atoms with Crippen LogP contribution in [0.4, 0.5) is 10.2 Å². The molecule has 6 heteroatoms. The van der Waals surface area contributed by atoms with Gasteiger partial charge in [0.05, 0.1) is 6.10 Å². The first-order chi connectivity index (χ1) is 13.5. The lowest BCUT2D eigenvalue weighted by molar-refractivity contribution is 0.0564. The number of piperidine rings is 1. The number of pyridine rings is 1. The molecule has 2 aromatic rings. The van der Waals surface area contributed by atoms with Crippen molar-refractivity contribution in [1.82, 2.24) is 10.3 Å². The van der Waals surface area contributed by atoms with E-state index < -0.39 is 6.10 Å². The van der Waals surface area contributed by atoms with Crippen molar-refractivity contribution in [1.29, 1.82) is 0 Å². The predicted molar refractivity (Wildman–Crippen MR) is 109 cm³/mol. The van der Waals surface area contributed by atoms with Gasteiger partial charge in [0.25, 0.3) is 0 Å². The van der Waals surface area contributed by atoms with Gasteiger partial charge in [0, 0.05) is 43.8 Å². The number of ether oxygens (including phenoxy) is 1. The Balaban J connectivity index is 1.50. The van der Waals surface area contributed by atoms with E-state index in [2.05, 4.69) is 15.2 Å². The van der Waals surface area contributed by atoms with Gasteiger partial charge in [-0.2, -0.15) is 0 Å². The van der Waals surface area contributed by atoms with Crippen LogP contribution in [0.2, 0.25) is 0 Å². The molecule has 2 fully saturated rings. The number of hydrogen-bond donors (Lipinski definition) is 2. The zero-order chi connectivity index (χ0) is 19.7. The van der Waals surface area contributed by atoms with E-state index in [1.54, 1.807) is 6.07 Å². The molecule has 0 amide bonds. The summed E-state index contributed by atoms with van der Waals surface area (Å²) < 4.78 is 20.0. The molecule has 0 aliphatic carbocycles. The third kappa shape index (κ3) is 4.00. The van der Waals surface area contributed by atoms with Crippen molar-refractivity contribution >= 4 is 16.7 Å². The Hall–Kier alpha value is -1.76. The number of rotatable bonds is 4. The summed E-state index contributed by atoms with van der Waals surface area (Å²) >= 11 is 0. The van der Waals surface area contributed by atoms with Gasteiger partial charge in [-0.15, -0.1) is 0 Å². The van der Waals surface area contributed by atoms with Gasteiger partial charge in [0.15, 0.2) is 0 Å². The molecule has 1 aromatic heterocycles. The summed E-state index contributed by atoms with van der Waals surface area (Å²) in [7, 11) is 0. The fourth-order valence-corrected chi connectivity index (χ4v) is 4.35. The molecule has 0 radical (unpaired) electrons. The van der Waals surface area contributed by atoms with E-state index in [0.717, 1.165) is 67.8 Å². The number of β-amino-alcohol motifs (C(OH)–C–C–N with tert-alkyl or cyclic N) is 1. The molecule has 0 bridgehead atoms. The molecular weight excluding hydrogens is 357 g/mol. The molecule has 4 rings (SSSR count). The summed E-state index contributed by atoms with van der Waals surface area (Å²) in [5.41, 5.74) is 2.42. The van der Waals surface area contributed by atoms with Crippen molar-refractivity contribution in [2.24, 2.45) is 0 Å². The number of nitrogens with one attached hydrogen (secondary N) is 1. The standard InChI is InChI=1S/C22H30FN3O2/c1-3-15-11-17-14(2)10-21(25-22(17)18(23)12-15)26-7-4-19(20(27)13-26)24-16-5-8-28-9-6-16/h10-12,16,19-20,24,27H,3-9,13H2,1-2H3. The highest BCUT2D eigenvalue weighted by Gasteiger charge is 2.30. The zero-order valence-electron chi connectivity index (χ0n) is 16.7. The smallest absolute Gasteiger partial charge is 0.149 e. The van der Waals surface area contributed by atoms with E-state index in [0.29, 0.717) is 18.1 Å². The molecule has 2 atom stereocenters. The van der Waals surface area contributed by atoms with E-state index in [9.17, 15) is 9.50 Å². The van der Waals surface area contributed by atoms with Gasteiger partial charge < -0.3 is 20.1 Å². The van der Waals surface area contributed by atoms with Crippen molar-refractivity contribution in [3.8, 4) is 0 Å². The van der Waals surface area contributed by atoms with Crippen LogP contribution >= 0.6 is 0 Å². The van der Waals surface area contributed by atoms with Crippen molar-refractivity contribution in [2.75, 3.05) is 31.2 Å². The Morgan fingerprint density at radius 1 is 1.25 bits per heavy atom. The number of aryl methyl sites for hydroxylation is 2. The summed E-state index contributed by atoms with van der Waals surface area (Å²) in [4.78, 5) is 6.69. The van der Waals surface area contributed by atoms with Crippen LogP contribution in [-0.2, 0) is 11.2 Å². The van der Waals surface area contributed by atoms with Gasteiger partial charge in [-0.1, -0.05) is 6.92 Å². The number of aromatic nitrogens is 1. The van der Waals surface area contributed by atoms with Gasteiger partial charge >= 0.3 is 0 Å². The minimum absolute atomic E-state index is 0.0877. The summed E-state index contributed by atoms with van der Waals surface area (Å²) in [5.74, 6) is 0.479. The second-order valence-electron chi connectivity index (χ2n) is 8.09. The topological polar surface area (TPSA) is 57.6 Å². The maximum atomic E-state index is 14.6. The molecule has 1 aromatic carbocycles. The van der Waals surface area contributed by atoms with E-state index in [-0.39, 0.29) is 11.9 Å². The Morgan fingerprint density at radius 2 is 2.04 bits per heavy atom. The summed E-state index contributed by atoms with van der Waals surface area (Å²) in [5, 5.41) is 15.2. The Bertz CT molecular complexity index is 838. The minimum atomic E-state index is -0.471. The number of benzene rings is 1. The number of nitrogens with zero attached hydrogens (tertiary/aromatic N) is 2. The first-order valence-corrected chi connectivity index (χ1v) is 10.4. The largest absolute Gasteiger partial charge is 0.390 e. The maximum absolute atomic E-state index is 14.6. The lowest BCUT2D eigenvalue weighted by Gasteiger charge is -2.39. The third-order valence-electron chi connectivity index (χ3n) is 6.11. The Morgan fingerprint density at radius 3 is 2.75 bits per heavy atom. The third-order valence-corrected chi connectivity index (χ3v) is 6.11. The maximum Gasteiger partial charge on any atom is 0.149 e. The number of aliphatic hydroxyl groups is 1. The number of anilines is 1. The summed E-state index contributed by atoms with van der Waals surface area (Å²) in [6, 6.07) is 6.13. The van der Waals surface area contributed by atoms with Crippen LogP contribution in [0.15, 0.2) is 18.2 Å². The second kappa shape index (κ2) is 8.31. The Labute approximate surface area is 165 Å². The Kier molecular flexibility index (Phi) is 5.80. The zero-order valence-corrected chi connectivity index (χ0v) is 16.7. The van der Waals surface area contributed by atoms with Crippen LogP contribution in [0.5, 0.6) is 0 Å². The highest BCUT2D eigenvalue weighted by molar-refractivity contribution is 5.85. The lowest BCUT2D eigenvalue weighted by atomic mass is 9.98. The molecule has 2 aliphatic heterocycles. The molecular formula is C22H30FN3O2. The molecule has 5 nitrogen and oxygen atoms in total. The predicted octanol–water partition coefficient (Wildman–Crippen LogP) is 2.95. The number of aliphatic hydroxyl groups excluding tert-OH is 1. The monoisotopic (exact) mass is 387 g/mol. The molecule has 2 unspecified atom stereocenters. The van der Waals surface area contributed by atoms with Crippen LogP contribution in [0.3, 0.4) is 0 Å². The SMILES string of the molecule is CCc1cc(F)c2nc(N3CCC(NC4CCOCC4)C(O)C3)cc(C)c2c1. The fourth-order valence-electron chi connectivity index (χ4n) is 4.35. The first-order valence-electron chi connectivity index (χ1n) is 10.4. The van der Waals surface area contributed by atoms with Crippen LogP contribution < -0.4 is 10.2 Å². The average molecular weight is 387 g/mol. The molecule has 2 saturated heterocycles. The number of halogens is 1. The molecule has 2 aliphatic rings. The molecule has 0 saturated carbocycles. The van der Waals surface area contributed by atoms with Gasteiger partial charge in [0.2, 0.25) is 0 Å². The van der Waals surface area contributed by atoms with Crippen LogP contribution in [-0.4, -0.2) is 54.6 Å². The van der Waals surface area contributed by atoms with Gasteiger partial charge in [-0.25, -0.2) is 9.37 Å². The van der Waals surface area contributed by atoms with Gasteiger partial charge in [0.1, 0.15) is 17.2 Å². The average Bonchev–Trinajstić information content (AvgIpc) is 2.70. The second-order valence-corrected chi connectivity index (χ2v) is 8.09. The fraction of sp³-hybridized carbons (Fsp3) is 0.591. The highest BCUT2D eigenvalue weighted by Crippen LogP contribution is 2.28. The van der Waals surface area contributed by atoms with E-state index in [1.165, 1.54) is 0 Å². The summed E-state index contributed by atoms with van der Waals surface area (Å²) in [6.07, 6.45) is 3.17. The van der Waals surface area contributed by atoms with Crippen LogP contribution in [0.25, 0.3) is 10.9 Å². The summed E-state index contributed by atoms with van der Waals surface area (Å²) in [6.45, 7) is 6.91. The molecule has 2 N–H and O–H groups in total. The lowest BCUT2D eigenvalue weighted by Crippen LogP contribution is -2.56. The van der Waals surface area contributed by atoms with E-state index in [1.807, 2.05) is 26.0 Å². The van der Waals surface area contributed by atoms with Crippen LogP contribution in [0.1, 0.15) is 37.3 Å². The van der Waals surface area contributed by atoms with Crippen molar-refractivity contribution < 1.29 is 14.2 Å². The number of fused-ring (bicyclic) bond motifs is 1. The first kappa shape index (κ1) is 19.6. The minimum Gasteiger partial charge on any atom is -0.390 e. The van der Waals surface area contributed by atoms with Crippen LogP contribution in [0, 0.1) is 12.7 Å². The van der Waals surface area contributed by atoms with Gasteiger partial charge in [-0.05, 0) is 61.9 Å². The highest BCUT2D eigenvalue weighted by atomic mass is 19.1. The number of hydrogen-bond acceptors (Lipinski definition) is 5. The van der Waals surface area contributed by atoms with E-state index >= 15 is 0 Å². The molecule has 152 valence electrons. The quantitative estimate of drug-likeness (QED) is 0.845. The molecule has 3 heterocycles. The van der Waals surface area contributed by atoms with Crippen molar-refractivity contribution in [2.45, 2.75) is 57.7 Å². The molecule has 0 spiro atoms. The van der Waals surface area contributed by atoms with E-state index in [4.69, 9.17) is 4.74 Å². The molecule has 28 heavy (non-hydrogen) atoms. The van der Waals surface area contributed by atoms with Crippen molar-refractivity contribution in [3.63, 3.8) is 0 Å². The van der Waals surface area contributed by atoms with Crippen molar-refractivity contribution in [3.05, 3.63) is 35.1 Å².